The van der Waals surface area contributed by atoms with Crippen LogP contribution in [0.3, 0.4) is 0 Å². The van der Waals surface area contributed by atoms with Gasteiger partial charge in [0.15, 0.2) is 0 Å². The molecule has 0 radical (unpaired) electrons. The van der Waals surface area contributed by atoms with E-state index in [1.807, 2.05) is 30.3 Å². The Morgan fingerprint density at radius 2 is 2.19 bits per heavy atom. The summed E-state index contributed by atoms with van der Waals surface area (Å²) in [4.78, 5) is 18.1. The van der Waals surface area contributed by atoms with Gasteiger partial charge in [0.25, 0.3) is 0 Å². The summed E-state index contributed by atoms with van der Waals surface area (Å²) in [6, 6.07) is 9.60. The number of carbonyl (C=O) groups is 1. The van der Waals surface area contributed by atoms with Gasteiger partial charge in [0.05, 0.1) is 19.1 Å². The van der Waals surface area contributed by atoms with E-state index in [0.717, 1.165) is 12.0 Å². The predicted octanol–water partition coefficient (Wildman–Crippen LogP) is 1.73. The van der Waals surface area contributed by atoms with Crippen LogP contribution in [0.2, 0.25) is 0 Å². The van der Waals surface area contributed by atoms with E-state index < -0.39 is 0 Å². The fraction of sp³-hybridized carbons (Fsp3) is 0.400. The monoisotopic (exact) mass is 287 g/mol. The molecule has 2 heterocycles. The molecule has 1 amide bonds. The van der Waals surface area contributed by atoms with Crippen molar-refractivity contribution in [1.82, 2.24) is 15.0 Å². The number of carbonyl (C=O) groups excluding carboxylic acids is 1. The molecule has 1 aliphatic rings. The molecule has 0 spiro atoms. The smallest absolute Gasteiger partial charge is 0.246 e. The second-order valence-electron chi connectivity index (χ2n) is 5.13. The standard InChI is InChI=1S/C15H17N3O3/c1-18(15(19)12-7-8-20-10-12)9-13-16-14(17-21-13)11-5-3-2-4-6-11/h2-6,12H,7-10H2,1H3/t12-/m0/s1. The summed E-state index contributed by atoms with van der Waals surface area (Å²) < 4.78 is 10.5. The summed E-state index contributed by atoms with van der Waals surface area (Å²) >= 11 is 0. The molecule has 6 heteroatoms. The number of amides is 1. The van der Waals surface area contributed by atoms with Gasteiger partial charge in [0.1, 0.15) is 0 Å². The lowest BCUT2D eigenvalue weighted by Gasteiger charge is -2.18. The van der Waals surface area contributed by atoms with Gasteiger partial charge >= 0.3 is 0 Å². The number of hydrogen-bond donors (Lipinski definition) is 0. The Kier molecular flexibility index (Phi) is 3.96. The SMILES string of the molecule is CN(Cc1nc(-c2ccccc2)no1)C(=O)[C@H]1CCOC1. The van der Waals surface area contributed by atoms with Crippen molar-refractivity contribution in [3.63, 3.8) is 0 Å². The summed E-state index contributed by atoms with van der Waals surface area (Å²) in [5.41, 5.74) is 0.894. The average Bonchev–Trinajstić information content (AvgIpc) is 3.19. The fourth-order valence-electron chi connectivity index (χ4n) is 2.35. The molecule has 2 aromatic rings. The van der Waals surface area contributed by atoms with Crippen molar-refractivity contribution in [3.8, 4) is 11.4 Å². The number of benzene rings is 1. The van der Waals surface area contributed by atoms with Crippen LogP contribution >= 0.6 is 0 Å². The third-order valence-corrected chi connectivity index (χ3v) is 3.53. The van der Waals surface area contributed by atoms with Crippen molar-refractivity contribution in [2.75, 3.05) is 20.3 Å². The number of nitrogens with zero attached hydrogens (tertiary/aromatic N) is 3. The maximum atomic E-state index is 12.2. The maximum absolute atomic E-state index is 12.2. The van der Waals surface area contributed by atoms with Crippen molar-refractivity contribution in [3.05, 3.63) is 36.2 Å². The van der Waals surface area contributed by atoms with Gasteiger partial charge in [-0.25, -0.2) is 0 Å². The number of aromatic nitrogens is 2. The molecule has 0 saturated carbocycles. The third kappa shape index (κ3) is 3.11. The van der Waals surface area contributed by atoms with Gasteiger partial charge in [0.2, 0.25) is 17.6 Å². The van der Waals surface area contributed by atoms with Crippen LogP contribution in [0.5, 0.6) is 0 Å². The van der Waals surface area contributed by atoms with Crippen LogP contribution in [-0.2, 0) is 16.1 Å². The molecule has 1 aromatic carbocycles. The second kappa shape index (κ2) is 6.05. The number of ether oxygens (including phenoxy) is 1. The Morgan fingerprint density at radius 1 is 1.38 bits per heavy atom. The Bertz CT molecular complexity index is 606. The van der Waals surface area contributed by atoms with E-state index in [2.05, 4.69) is 10.1 Å². The predicted molar refractivity (Wildman–Crippen MR) is 75.1 cm³/mol. The van der Waals surface area contributed by atoms with Crippen LogP contribution in [-0.4, -0.2) is 41.2 Å². The summed E-state index contributed by atoms with van der Waals surface area (Å²) in [5.74, 6) is 0.984. The molecule has 1 atom stereocenters. The first-order chi connectivity index (χ1) is 10.2. The van der Waals surface area contributed by atoms with Gasteiger partial charge in [-0.1, -0.05) is 35.5 Å². The zero-order valence-corrected chi connectivity index (χ0v) is 11.9. The van der Waals surface area contributed by atoms with E-state index in [0.29, 0.717) is 31.5 Å². The summed E-state index contributed by atoms with van der Waals surface area (Å²) in [6.07, 6.45) is 0.780. The zero-order chi connectivity index (χ0) is 14.7. The van der Waals surface area contributed by atoms with Crippen LogP contribution in [0.15, 0.2) is 34.9 Å². The lowest BCUT2D eigenvalue weighted by Crippen LogP contribution is -2.32. The van der Waals surface area contributed by atoms with Crippen LogP contribution in [0.1, 0.15) is 12.3 Å². The summed E-state index contributed by atoms with van der Waals surface area (Å²) in [6.45, 7) is 1.47. The van der Waals surface area contributed by atoms with Crippen molar-refractivity contribution in [2.45, 2.75) is 13.0 Å². The van der Waals surface area contributed by atoms with Crippen molar-refractivity contribution >= 4 is 5.91 Å². The molecule has 1 saturated heterocycles. The van der Waals surface area contributed by atoms with Crippen molar-refractivity contribution < 1.29 is 14.1 Å². The van der Waals surface area contributed by atoms with Gasteiger partial charge in [-0.05, 0) is 6.42 Å². The molecule has 1 aromatic heterocycles. The first kappa shape index (κ1) is 13.8. The lowest BCUT2D eigenvalue weighted by atomic mass is 10.1. The highest BCUT2D eigenvalue weighted by Gasteiger charge is 2.27. The van der Waals surface area contributed by atoms with Crippen molar-refractivity contribution in [2.24, 2.45) is 5.92 Å². The Hall–Kier alpha value is -2.21. The first-order valence-corrected chi connectivity index (χ1v) is 6.95. The van der Waals surface area contributed by atoms with E-state index in [4.69, 9.17) is 9.26 Å². The van der Waals surface area contributed by atoms with Gasteiger partial charge in [-0.2, -0.15) is 4.98 Å². The molecular formula is C15H17N3O3. The molecule has 6 nitrogen and oxygen atoms in total. The van der Waals surface area contributed by atoms with E-state index in [9.17, 15) is 4.79 Å². The van der Waals surface area contributed by atoms with Gasteiger partial charge in [-0.3, -0.25) is 4.79 Å². The molecule has 0 bridgehead atoms. The highest BCUT2D eigenvalue weighted by Crippen LogP contribution is 2.18. The van der Waals surface area contributed by atoms with Gasteiger partial charge in [0, 0.05) is 19.2 Å². The molecular weight excluding hydrogens is 270 g/mol. The summed E-state index contributed by atoms with van der Waals surface area (Å²) in [7, 11) is 1.74. The molecule has 1 fully saturated rings. The molecule has 0 N–H and O–H groups in total. The average molecular weight is 287 g/mol. The lowest BCUT2D eigenvalue weighted by molar-refractivity contribution is -0.135. The third-order valence-electron chi connectivity index (χ3n) is 3.53. The zero-order valence-electron chi connectivity index (χ0n) is 11.9. The molecule has 0 unspecified atom stereocenters. The minimum atomic E-state index is -0.0495. The van der Waals surface area contributed by atoms with Crippen LogP contribution in [0.25, 0.3) is 11.4 Å². The van der Waals surface area contributed by atoms with Gasteiger partial charge < -0.3 is 14.2 Å². The number of hydrogen-bond acceptors (Lipinski definition) is 5. The molecule has 110 valence electrons. The Labute approximate surface area is 122 Å². The fourth-order valence-corrected chi connectivity index (χ4v) is 2.35. The van der Waals surface area contributed by atoms with Gasteiger partial charge in [-0.15, -0.1) is 0 Å². The first-order valence-electron chi connectivity index (χ1n) is 6.95. The quantitative estimate of drug-likeness (QED) is 0.856. The van der Waals surface area contributed by atoms with Crippen LogP contribution in [0, 0.1) is 5.92 Å². The van der Waals surface area contributed by atoms with Crippen LogP contribution < -0.4 is 0 Å². The van der Waals surface area contributed by atoms with Crippen molar-refractivity contribution in [1.29, 1.82) is 0 Å². The Morgan fingerprint density at radius 3 is 2.90 bits per heavy atom. The highest BCUT2D eigenvalue weighted by atomic mass is 16.5. The second-order valence-corrected chi connectivity index (χ2v) is 5.13. The van der Waals surface area contributed by atoms with E-state index in [1.54, 1.807) is 11.9 Å². The van der Waals surface area contributed by atoms with E-state index in [1.165, 1.54) is 0 Å². The maximum Gasteiger partial charge on any atom is 0.246 e. The Balaban J connectivity index is 1.65. The van der Waals surface area contributed by atoms with Crippen LogP contribution in [0.4, 0.5) is 0 Å². The highest BCUT2D eigenvalue weighted by molar-refractivity contribution is 5.78. The minimum absolute atomic E-state index is 0.0495. The molecule has 1 aliphatic heterocycles. The molecule has 3 rings (SSSR count). The molecule has 21 heavy (non-hydrogen) atoms. The van der Waals surface area contributed by atoms with E-state index in [-0.39, 0.29) is 11.8 Å². The number of rotatable bonds is 4. The largest absolute Gasteiger partial charge is 0.381 e. The topological polar surface area (TPSA) is 68.5 Å². The van der Waals surface area contributed by atoms with E-state index >= 15 is 0 Å². The molecule has 0 aliphatic carbocycles. The minimum Gasteiger partial charge on any atom is -0.381 e. The summed E-state index contributed by atoms with van der Waals surface area (Å²) in [5, 5.41) is 3.95. The normalized spacial score (nSPS) is 17.9.